The fourth-order valence-corrected chi connectivity index (χ4v) is 3.58. The number of halogens is 1. The van der Waals surface area contributed by atoms with Gasteiger partial charge in [0.1, 0.15) is 0 Å². The van der Waals surface area contributed by atoms with Crippen molar-refractivity contribution in [2.45, 2.75) is 19.4 Å². The summed E-state index contributed by atoms with van der Waals surface area (Å²) in [6, 6.07) is 10.8. The highest BCUT2D eigenvalue weighted by Crippen LogP contribution is 2.48. The van der Waals surface area contributed by atoms with E-state index in [0.717, 1.165) is 30.2 Å². The van der Waals surface area contributed by atoms with Crippen LogP contribution in [0, 0.1) is 17.8 Å². The van der Waals surface area contributed by atoms with E-state index in [1.807, 2.05) is 0 Å². The number of benzene rings is 1. The molecule has 2 fully saturated rings. The molecule has 1 aliphatic heterocycles. The zero-order valence-corrected chi connectivity index (χ0v) is 10.9. The predicted octanol–water partition coefficient (Wildman–Crippen LogP) is 3.38. The van der Waals surface area contributed by atoms with Crippen LogP contribution in [0.25, 0.3) is 0 Å². The van der Waals surface area contributed by atoms with Gasteiger partial charge in [-0.3, -0.25) is 4.90 Å². The quantitative estimate of drug-likeness (QED) is 0.740. The van der Waals surface area contributed by atoms with E-state index in [2.05, 4.69) is 35.2 Å². The van der Waals surface area contributed by atoms with Gasteiger partial charge in [0.2, 0.25) is 0 Å². The molecule has 0 N–H and O–H groups in total. The van der Waals surface area contributed by atoms with E-state index in [-0.39, 0.29) is 0 Å². The molecule has 0 amide bonds. The Bertz CT molecular complexity index is 364. The molecular formula is C15H20ClN. The van der Waals surface area contributed by atoms with Crippen LogP contribution in [0.1, 0.15) is 18.4 Å². The first-order valence-electron chi connectivity index (χ1n) is 6.69. The molecule has 1 saturated heterocycles. The normalized spacial score (nSPS) is 32.9. The van der Waals surface area contributed by atoms with Crippen LogP contribution in [0.2, 0.25) is 0 Å². The van der Waals surface area contributed by atoms with Crippen LogP contribution in [-0.4, -0.2) is 23.9 Å². The lowest BCUT2D eigenvalue weighted by Crippen LogP contribution is -2.20. The molecule has 0 bridgehead atoms. The third kappa shape index (κ3) is 2.66. The van der Waals surface area contributed by atoms with Gasteiger partial charge >= 0.3 is 0 Å². The summed E-state index contributed by atoms with van der Waals surface area (Å²) in [7, 11) is 0. The first-order chi connectivity index (χ1) is 8.36. The average Bonchev–Trinajstić information content (AvgIpc) is 3.03. The molecule has 0 spiro atoms. The van der Waals surface area contributed by atoms with Gasteiger partial charge in [-0.2, -0.15) is 0 Å². The largest absolute Gasteiger partial charge is 0.299 e. The van der Waals surface area contributed by atoms with Gasteiger partial charge in [-0.1, -0.05) is 30.3 Å². The second-order valence-corrected chi connectivity index (χ2v) is 5.89. The lowest BCUT2D eigenvalue weighted by atomic mass is 10.0. The first kappa shape index (κ1) is 11.6. The predicted molar refractivity (Wildman–Crippen MR) is 72.1 cm³/mol. The summed E-state index contributed by atoms with van der Waals surface area (Å²) < 4.78 is 0. The Morgan fingerprint density at radius 2 is 2.06 bits per heavy atom. The summed E-state index contributed by atoms with van der Waals surface area (Å²) in [6.45, 7) is 3.67. The molecule has 0 radical (unpaired) electrons. The fourth-order valence-electron chi connectivity index (χ4n) is 3.22. The van der Waals surface area contributed by atoms with Crippen molar-refractivity contribution in [3.8, 4) is 0 Å². The topological polar surface area (TPSA) is 3.24 Å². The molecule has 1 aromatic rings. The number of rotatable bonds is 4. The summed E-state index contributed by atoms with van der Waals surface area (Å²) in [5.74, 6) is 3.56. The highest BCUT2D eigenvalue weighted by molar-refractivity contribution is 6.18. The average molecular weight is 250 g/mol. The SMILES string of the molecule is ClCC1CC1C1CCN(Cc2ccccc2)C1. The second-order valence-electron chi connectivity index (χ2n) is 5.58. The third-order valence-electron chi connectivity index (χ3n) is 4.34. The van der Waals surface area contributed by atoms with Crippen LogP contribution in [0.4, 0.5) is 0 Å². The van der Waals surface area contributed by atoms with E-state index < -0.39 is 0 Å². The minimum atomic E-state index is 0.832. The lowest BCUT2D eigenvalue weighted by Gasteiger charge is -2.16. The van der Waals surface area contributed by atoms with E-state index in [9.17, 15) is 0 Å². The molecule has 1 heterocycles. The summed E-state index contributed by atoms with van der Waals surface area (Å²) >= 11 is 5.92. The minimum Gasteiger partial charge on any atom is -0.299 e. The number of hydrogen-bond acceptors (Lipinski definition) is 1. The van der Waals surface area contributed by atoms with E-state index in [1.54, 1.807) is 0 Å². The minimum absolute atomic E-state index is 0.832. The number of nitrogens with zero attached hydrogens (tertiary/aromatic N) is 1. The van der Waals surface area contributed by atoms with Gasteiger partial charge < -0.3 is 0 Å². The van der Waals surface area contributed by atoms with Crippen LogP contribution in [0.3, 0.4) is 0 Å². The van der Waals surface area contributed by atoms with Gasteiger partial charge in [0.15, 0.2) is 0 Å². The molecule has 3 atom stereocenters. The molecule has 1 nitrogen and oxygen atoms in total. The van der Waals surface area contributed by atoms with Crippen molar-refractivity contribution in [3.05, 3.63) is 35.9 Å². The number of hydrogen-bond donors (Lipinski definition) is 0. The Kier molecular flexibility index (Phi) is 3.39. The van der Waals surface area contributed by atoms with Crippen molar-refractivity contribution in [3.63, 3.8) is 0 Å². The first-order valence-corrected chi connectivity index (χ1v) is 7.22. The van der Waals surface area contributed by atoms with Crippen molar-refractivity contribution in [1.29, 1.82) is 0 Å². The highest BCUT2D eigenvalue weighted by atomic mass is 35.5. The summed E-state index contributed by atoms with van der Waals surface area (Å²) in [4.78, 5) is 2.60. The fraction of sp³-hybridized carbons (Fsp3) is 0.600. The molecule has 2 heteroatoms. The molecule has 92 valence electrons. The summed E-state index contributed by atoms with van der Waals surface area (Å²) in [5.41, 5.74) is 1.44. The van der Waals surface area contributed by atoms with Crippen LogP contribution >= 0.6 is 11.6 Å². The maximum absolute atomic E-state index is 5.92. The lowest BCUT2D eigenvalue weighted by molar-refractivity contribution is 0.307. The van der Waals surface area contributed by atoms with Gasteiger partial charge in [0.05, 0.1) is 0 Å². The molecule has 3 unspecified atom stereocenters. The van der Waals surface area contributed by atoms with E-state index in [1.165, 1.54) is 31.5 Å². The van der Waals surface area contributed by atoms with Gasteiger partial charge in [-0.05, 0) is 42.7 Å². The smallest absolute Gasteiger partial charge is 0.0254 e. The third-order valence-corrected chi connectivity index (χ3v) is 4.74. The molecule has 1 aromatic carbocycles. The second kappa shape index (κ2) is 4.99. The van der Waals surface area contributed by atoms with Crippen LogP contribution in [0.15, 0.2) is 30.3 Å². The molecule has 1 aliphatic carbocycles. The molecule has 17 heavy (non-hydrogen) atoms. The van der Waals surface area contributed by atoms with Crippen molar-refractivity contribution in [2.75, 3.05) is 19.0 Å². The van der Waals surface area contributed by atoms with Crippen LogP contribution in [-0.2, 0) is 6.54 Å². The molecule has 1 saturated carbocycles. The van der Waals surface area contributed by atoms with Crippen LogP contribution < -0.4 is 0 Å². The zero-order chi connectivity index (χ0) is 11.7. The Morgan fingerprint density at radius 1 is 1.24 bits per heavy atom. The molecular weight excluding hydrogens is 230 g/mol. The van der Waals surface area contributed by atoms with Crippen molar-refractivity contribution < 1.29 is 0 Å². The Labute approximate surface area is 109 Å². The van der Waals surface area contributed by atoms with E-state index in [4.69, 9.17) is 11.6 Å². The van der Waals surface area contributed by atoms with E-state index >= 15 is 0 Å². The van der Waals surface area contributed by atoms with Gasteiger partial charge in [0, 0.05) is 19.0 Å². The van der Waals surface area contributed by atoms with Crippen molar-refractivity contribution in [2.24, 2.45) is 17.8 Å². The summed E-state index contributed by atoms with van der Waals surface area (Å²) in [6.07, 6.45) is 2.76. The summed E-state index contributed by atoms with van der Waals surface area (Å²) in [5, 5.41) is 0. The molecule has 0 aromatic heterocycles. The standard InChI is InChI=1S/C15H20ClN/c16-9-14-8-15(14)13-6-7-17(11-13)10-12-4-2-1-3-5-12/h1-5,13-15H,6-11H2. The van der Waals surface area contributed by atoms with Crippen LogP contribution in [0.5, 0.6) is 0 Å². The van der Waals surface area contributed by atoms with Crippen molar-refractivity contribution in [1.82, 2.24) is 4.90 Å². The molecule has 3 rings (SSSR count). The highest BCUT2D eigenvalue weighted by Gasteiger charge is 2.44. The van der Waals surface area contributed by atoms with Gasteiger partial charge in [-0.25, -0.2) is 0 Å². The Balaban J connectivity index is 1.51. The zero-order valence-electron chi connectivity index (χ0n) is 10.2. The van der Waals surface area contributed by atoms with Gasteiger partial charge in [0.25, 0.3) is 0 Å². The Hall–Kier alpha value is -0.530. The van der Waals surface area contributed by atoms with Gasteiger partial charge in [-0.15, -0.1) is 11.6 Å². The van der Waals surface area contributed by atoms with E-state index in [0.29, 0.717) is 0 Å². The van der Waals surface area contributed by atoms with Crippen molar-refractivity contribution >= 4 is 11.6 Å². The maximum Gasteiger partial charge on any atom is 0.0254 e. The number of alkyl halides is 1. The maximum atomic E-state index is 5.92. The molecule has 2 aliphatic rings. The monoisotopic (exact) mass is 249 g/mol. The number of likely N-dealkylation sites (tertiary alicyclic amines) is 1. The Morgan fingerprint density at radius 3 is 2.76 bits per heavy atom.